The van der Waals surface area contributed by atoms with Crippen molar-refractivity contribution < 1.29 is 90.6 Å². The number of unbranched alkanes of at least 4 members (excludes halogenated alkanes) is 24. The zero-order valence-corrected chi connectivity index (χ0v) is 41.4. The highest BCUT2D eigenvalue weighted by Gasteiger charge is 2.56. The van der Waals surface area contributed by atoms with Gasteiger partial charge in [-0.1, -0.05) is 155 Å². The summed E-state index contributed by atoms with van der Waals surface area (Å²) < 4.78 is 65.4. The lowest BCUT2D eigenvalue weighted by molar-refractivity contribution is -0.213. The number of aliphatic hydroxyl groups excluding tert-OH is 3. The number of aliphatic hydroxyl groups is 3. The Hall–Kier alpha value is -0.500. The molecule has 0 aromatic rings. The molecule has 8 atom stereocenters. The first kappa shape index (κ1) is 61.5. The molecule has 0 radical (unpaired) electrons. The molecule has 1 rings (SSSR count). The molecule has 0 heterocycles. The lowest BCUT2D eigenvalue weighted by Gasteiger charge is -2.44. The SMILES string of the molecule is CCCCCCCCCCCCCCCC(=O)O[C@H](COC(=O)CCCCCCCCCCCCCCCS)COP(=O)(O)OC1C(O)[C@@H](O)C(OP(=O)(O)O)[C@@H](OP(=O)(O)O)[C@H]1O. The van der Waals surface area contributed by atoms with Gasteiger partial charge in [-0.05, 0) is 25.0 Å². The van der Waals surface area contributed by atoms with E-state index in [-0.39, 0.29) is 12.8 Å². The fraction of sp³-hybridized carbons (Fsp3) is 0.951. The summed E-state index contributed by atoms with van der Waals surface area (Å²) in [5, 5.41) is 31.8. The number of phosphoric ester groups is 3. The van der Waals surface area contributed by atoms with E-state index in [0.29, 0.717) is 12.8 Å². The Morgan fingerprint density at radius 2 is 0.844 bits per heavy atom. The summed E-state index contributed by atoms with van der Waals surface area (Å²) in [7, 11) is -16.6. The van der Waals surface area contributed by atoms with Crippen LogP contribution in [0.3, 0.4) is 0 Å². The Balaban J connectivity index is 2.73. The molecule has 0 aromatic carbocycles. The highest BCUT2D eigenvalue weighted by atomic mass is 32.1. The van der Waals surface area contributed by atoms with Gasteiger partial charge in [-0.25, -0.2) is 13.7 Å². The van der Waals surface area contributed by atoms with Crippen LogP contribution in [0.15, 0.2) is 0 Å². The van der Waals surface area contributed by atoms with Gasteiger partial charge < -0.3 is 49.3 Å². The van der Waals surface area contributed by atoms with E-state index in [2.05, 4.69) is 28.6 Å². The Bertz CT molecular complexity index is 1370. The third-order valence-corrected chi connectivity index (χ3v) is 13.3. The number of carbonyl (C=O) groups is 2. The van der Waals surface area contributed by atoms with E-state index in [0.717, 1.165) is 57.1 Å². The molecule has 0 saturated heterocycles. The third-order valence-electron chi connectivity index (χ3n) is 11.0. The van der Waals surface area contributed by atoms with Gasteiger partial charge in [0, 0.05) is 12.8 Å². The van der Waals surface area contributed by atoms with Crippen LogP contribution in [0.1, 0.15) is 187 Å². The molecule has 380 valence electrons. The highest BCUT2D eigenvalue weighted by Crippen LogP contribution is 2.51. The Morgan fingerprint density at radius 1 is 0.484 bits per heavy atom. The number of hydrogen-bond donors (Lipinski definition) is 9. The van der Waals surface area contributed by atoms with Crippen molar-refractivity contribution in [3.05, 3.63) is 0 Å². The maximum Gasteiger partial charge on any atom is 0.472 e. The second-order valence-corrected chi connectivity index (χ2v) is 21.0. The van der Waals surface area contributed by atoms with Crippen LogP contribution in [-0.4, -0.2) is 113 Å². The molecule has 1 aliphatic rings. The minimum atomic E-state index is -5.60. The minimum absolute atomic E-state index is 0.00334. The summed E-state index contributed by atoms with van der Waals surface area (Å²) in [6, 6.07) is 0. The molecular formula is C41H81O19P3S. The normalized spacial score (nSPS) is 22.0. The summed E-state index contributed by atoms with van der Waals surface area (Å²) in [4.78, 5) is 73.1. The van der Waals surface area contributed by atoms with Crippen molar-refractivity contribution in [3.63, 3.8) is 0 Å². The first-order valence-corrected chi connectivity index (χ1v) is 28.6. The van der Waals surface area contributed by atoms with Crippen molar-refractivity contribution >= 4 is 48.0 Å². The van der Waals surface area contributed by atoms with Crippen LogP contribution in [0.4, 0.5) is 0 Å². The Labute approximate surface area is 385 Å². The van der Waals surface area contributed by atoms with Gasteiger partial charge in [0.05, 0.1) is 6.61 Å². The number of phosphoric acid groups is 3. The third kappa shape index (κ3) is 31.5. The highest BCUT2D eigenvalue weighted by molar-refractivity contribution is 7.80. The van der Waals surface area contributed by atoms with Crippen LogP contribution in [0.5, 0.6) is 0 Å². The van der Waals surface area contributed by atoms with Crippen molar-refractivity contribution in [2.75, 3.05) is 19.0 Å². The number of hydrogen-bond acceptors (Lipinski definition) is 15. The molecule has 4 unspecified atom stereocenters. The summed E-state index contributed by atoms with van der Waals surface area (Å²) in [5.74, 6) is -0.345. The van der Waals surface area contributed by atoms with Crippen molar-refractivity contribution in [2.24, 2.45) is 0 Å². The van der Waals surface area contributed by atoms with E-state index in [4.69, 9.17) is 18.5 Å². The molecule has 0 aromatic heterocycles. The van der Waals surface area contributed by atoms with Gasteiger partial charge in [0.15, 0.2) is 6.10 Å². The van der Waals surface area contributed by atoms with E-state index in [1.807, 2.05) is 0 Å². The van der Waals surface area contributed by atoms with Crippen molar-refractivity contribution in [3.8, 4) is 0 Å². The lowest BCUT2D eigenvalue weighted by Crippen LogP contribution is -2.65. The Morgan fingerprint density at radius 3 is 1.25 bits per heavy atom. The largest absolute Gasteiger partial charge is 0.472 e. The molecule has 8 N–H and O–H groups in total. The van der Waals surface area contributed by atoms with E-state index in [1.54, 1.807) is 0 Å². The van der Waals surface area contributed by atoms with Crippen molar-refractivity contribution in [1.29, 1.82) is 0 Å². The topological polar surface area (TPSA) is 303 Å². The molecule has 0 bridgehead atoms. The lowest BCUT2D eigenvalue weighted by atomic mass is 9.85. The van der Waals surface area contributed by atoms with Crippen LogP contribution in [0.2, 0.25) is 0 Å². The molecule has 1 fully saturated rings. The van der Waals surface area contributed by atoms with E-state index in [1.165, 1.54) is 103 Å². The summed E-state index contributed by atoms with van der Waals surface area (Å²) in [6.45, 7) is 0.730. The maximum absolute atomic E-state index is 13.1. The number of ether oxygens (including phenoxy) is 2. The molecule has 0 spiro atoms. The first-order chi connectivity index (χ1) is 30.3. The van der Waals surface area contributed by atoms with Crippen LogP contribution >= 0.6 is 36.1 Å². The predicted octanol–water partition coefficient (Wildman–Crippen LogP) is 7.87. The standard InChI is InChI=1S/C41H81O19P3S/c1-2-3-4-5-6-7-8-10-14-17-20-23-26-29-35(43)57-33(31-55-34(42)28-25-22-19-16-13-11-9-12-15-18-21-24-27-30-64)32-56-63(53,54)60-39-36(44)37(45)40(58-61(47,48)49)41(38(39)46)59-62(50,51)52/h33,36-41,44-46,64H,2-32H2,1H3,(H,53,54)(H2,47,48,49)(H2,50,51,52)/t33-,36?,37-,38+,39?,40?,41+/m1/s1. The second kappa shape index (κ2) is 35.6. The number of esters is 2. The molecule has 19 nitrogen and oxygen atoms in total. The van der Waals surface area contributed by atoms with Gasteiger partial charge in [0.2, 0.25) is 0 Å². The van der Waals surface area contributed by atoms with Crippen LogP contribution in [-0.2, 0) is 50.9 Å². The first-order valence-electron chi connectivity index (χ1n) is 23.4. The van der Waals surface area contributed by atoms with Crippen molar-refractivity contribution in [2.45, 2.75) is 229 Å². The van der Waals surface area contributed by atoms with Crippen LogP contribution < -0.4 is 0 Å². The van der Waals surface area contributed by atoms with E-state index < -0.39 is 91.3 Å². The quantitative estimate of drug-likeness (QED) is 0.0122. The average Bonchev–Trinajstić information content (AvgIpc) is 3.22. The van der Waals surface area contributed by atoms with E-state index in [9.17, 15) is 63.1 Å². The molecule has 64 heavy (non-hydrogen) atoms. The molecule has 1 saturated carbocycles. The van der Waals surface area contributed by atoms with Gasteiger partial charge in [0.1, 0.15) is 43.2 Å². The molecule has 1 aliphatic carbocycles. The monoisotopic (exact) mass is 1000 g/mol. The fourth-order valence-corrected chi connectivity index (χ4v) is 9.77. The van der Waals surface area contributed by atoms with E-state index >= 15 is 0 Å². The fourth-order valence-electron chi connectivity index (χ4n) is 7.45. The molecule has 0 amide bonds. The van der Waals surface area contributed by atoms with Crippen LogP contribution in [0.25, 0.3) is 0 Å². The number of thiol groups is 1. The summed E-state index contributed by atoms with van der Waals surface area (Å²) in [6.07, 6.45) is 12.4. The van der Waals surface area contributed by atoms with Gasteiger partial charge in [0.25, 0.3) is 0 Å². The summed E-state index contributed by atoms with van der Waals surface area (Å²) >= 11 is 4.24. The zero-order chi connectivity index (χ0) is 47.9. The predicted molar refractivity (Wildman–Crippen MR) is 242 cm³/mol. The maximum atomic E-state index is 13.1. The second-order valence-electron chi connectivity index (χ2n) is 16.8. The smallest absolute Gasteiger partial charge is 0.462 e. The average molecular weight is 1000 g/mol. The minimum Gasteiger partial charge on any atom is -0.462 e. The van der Waals surface area contributed by atoms with Gasteiger partial charge in [-0.15, -0.1) is 0 Å². The van der Waals surface area contributed by atoms with Crippen molar-refractivity contribution in [1.82, 2.24) is 0 Å². The van der Waals surface area contributed by atoms with Gasteiger partial charge in [-0.3, -0.25) is 27.7 Å². The molecule has 0 aliphatic heterocycles. The summed E-state index contributed by atoms with van der Waals surface area (Å²) in [5.41, 5.74) is 0. The van der Waals surface area contributed by atoms with Gasteiger partial charge >= 0.3 is 35.4 Å². The number of rotatable bonds is 41. The molecular weight excluding hydrogens is 921 g/mol. The van der Waals surface area contributed by atoms with Crippen LogP contribution in [0, 0.1) is 0 Å². The Kier molecular flexibility index (Phi) is 34.2. The van der Waals surface area contributed by atoms with Gasteiger partial charge in [-0.2, -0.15) is 12.6 Å². The zero-order valence-electron chi connectivity index (χ0n) is 37.8. The molecule has 23 heteroatoms. The number of carbonyl (C=O) groups excluding carboxylic acids is 2.